The van der Waals surface area contributed by atoms with E-state index in [4.69, 9.17) is 4.74 Å². The fourth-order valence-electron chi connectivity index (χ4n) is 2.83. The molecule has 0 fully saturated rings. The highest BCUT2D eigenvalue weighted by molar-refractivity contribution is 7.88. The first-order valence-corrected chi connectivity index (χ1v) is 9.59. The molecule has 2 aromatic rings. The van der Waals surface area contributed by atoms with Crippen molar-refractivity contribution in [3.63, 3.8) is 0 Å². The molecule has 5 nitrogen and oxygen atoms in total. The van der Waals surface area contributed by atoms with Gasteiger partial charge in [-0.2, -0.15) is 0 Å². The minimum absolute atomic E-state index is 0.0565. The minimum atomic E-state index is -3.30. The Morgan fingerprint density at radius 2 is 1.88 bits per heavy atom. The number of nitrogens with one attached hydrogen (secondary N) is 1. The zero-order valence-electron chi connectivity index (χ0n) is 13.6. The second kappa shape index (κ2) is 6.37. The van der Waals surface area contributed by atoms with Crippen molar-refractivity contribution < 1.29 is 17.9 Å². The molecule has 2 aromatic carbocycles. The van der Waals surface area contributed by atoms with Gasteiger partial charge in [0.2, 0.25) is 10.0 Å². The zero-order valence-corrected chi connectivity index (χ0v) is 14.4. The van der Waals surface area contributed by atoms with Crippen LogP contribution in [0.3, 0.4) is 0 Å². The molecule has 0 aliphatic heterocycles. The fraction of sp³-hybridized carbons (Fsp3) is 0.278. The van der Waals surface area contributed by atoms with Crippen LogP contribution in [0, 0.1) is 0 Å². The van der Waals surface area contributed by atoms with Gasteiger partial charge in [0.15, 0.2) is 0 Å². The summed E-state index contributed by atoms with van der Waals surface area (Å²) in [4.78, 5) is 12.3. The van der Waals surface area contributed by atoms with E-state index in [1.807, 2.05) is 24.3 Å². The van der Waals surface area contributed by atoms with Crippen molar-refractivity contribution >= 4 is 16.0 Å². The number of fused-ring (bicyclic) bond motifs is 3. The quantitative estimate of drug-likeness (QED) is 0.721. The van der Waals surface area contributed by atoms with Crippen LogP contribution in [0.15, 0.2) is 42.5 Å². The molecule has 1 aliphatic rings. The molecule has 0 unspecified atom stereocenters. The summed E-state index contributed by atoms with van der Waals surface area (Å²) in [7, 11) is -3.30. The molecule has 0 amide bonds. The van der Waals surface area contributed by atoms with Gasteiger partial charge in [0, 0.05) is 6.54 Å². The molecule has 0 saturated heterocycles. The van der Waals surface area contributed by atoms with E-state index < -0.39 is 22.1 Å². The van der Waals surface area contributed by atoms with Gasteiger partial charge in [0.1, 0.15) is 6.10 Å². The van der Waals surface area contributed by atoms with Crippen molar-refractivity contribution in [1.29, 1.82) is 0 Å². The first kappa shape index (κ1) is 16.7. The second-order valence-electron chi connectivity index (χ2n) is 6.04. The molecule has 0 aromatic heterocycles. The van der Waals surface area contributed by atoms with Crippen LogP contribution in [0.2, 0.25) is 0 Å². The lowest BCUT2D eigenvalue weighted by Crippen LogP contribution is -2.32. The van der Waals surface area contributed by atoms with Crippen LogP contribution in [-0.2, 0) is 21.2 Å². The zero-order chi connectivity index (χ0) is 17.3. The third-order valence-corrected chi connectivity index (χ3v) is 4.66. The van der Waals surface area contributed by atoms with E-state index in [1.165, 1.54) is 11.1 Å². The van der Waals surface area contributed by atoms with E-state index in [2.05, 4.69) is 16.9 Å². The Morgan fingerprint density at radius 1 is 1.17 bits per heavy atom. The molecule has 126 valence electrons. The Labute approximate surface area is 141 Å². The summed E-state index contributed by atoms with van der Waals surface area (Å²) in [6.07, 6.45) is 1.33. The molecule has 6 heteroatoms. The lowest BCUT2D eigenvalue weighted by Gasteiger charge is -2.14. The summed E-state index contributed by atoms with van der Waals surface area (Å²) in [5.41, 5.74) is 5.19. The lowest BCUT2D eigenvalue weighted by molar-refractivity contribution is 0.0352. The van der Waals surface area contributed by atoms with Gasteiger partial charge in [-0.1, -0.05) is 30.3 Å². The van der Waals surface area contributed by atoms with Crippen molar-refractivity contribution in [2.24, 2.45) is 0 Å². The van der Waals surface area contributed by atoms with Crippen LogP contribution in [0.4, 0.5) is 0 Å². The van der Waals surface area contributed by atoms with E-state index in [0.717, 1.165) is 23.8 Å². The van der Waals surface area contributed by atoms with Crippen molar-refractivity contribution in [3.8, 4) is 11.1 Å². The molecule has 0 heterocycles. The largest absolute Gasteiger partial charge is 0.458 e. The number of hydrogen-bond acceptors (Lipinski definition) is 4. The van der Waals surface area contributed by atoms with Crippen molar-refractivity contribution in [3.05, 3.63) is 59.2 Å². The highest BCUT2D eigenvalue weighted by Gasteiger charge is 2.20. The Hall–Kier alpha value is -2.18. The van der Waals surface area contributed by atoms with E-state index in [0.29, 0.717) is 5.56 Å². The number of hydrogen-bond donors (Lipinski definition) is 1. The van der Waals surface area contributed by atoms with Crippen LogP contribution in [0.25, 0.3) is 11.1 Å². The standard InChI is InChI=1S/C18H19NO4S/c1-12(11-19-24(2,21)22)23-18(20)14-7-8-17-15(10-14)9-13-5-3-4-6-16(13)17/h3-8,10,12,19H,9,11H2,1-2H3/t12-/m1/s1. The van der Waals surface area contributed by atoms with Crippen LogP contribution in [-0.4, -0.2) is 33.3 Å². The SMILES string of the molecule is C[C@H](CNS(C)(=O)=O)OC(=O)c1ccc2c(c1)Cc1ccccc1-2. The number of esters is 1. The molecule has 1 atom stereocenters. The number of ether oxygens (including phenoxy) is 1. The summed E-state index contributed by atoms with van der Waals surface area (Å²) < 4.78 is 29.8. The van der Waals surface area contributed by atoms with E-state index in [-0.39, 0.29) is 6.54 Å². The molecule has 24 heavy (non-hydrogen) atoms. The summed E-state index contributed by atoms with van der Waals surface area (Å²) in [5, 5.41) is 0. The maximum atomic E-state index is 12.3. The van der Waals surface area contributed by atoms with Crippen LogP contribution < -0.4 is 4.72 Å². The first-order chi connectivity index (χ1) is 11.3. The maximum Gasteiger partial charge on any atom is 0.338 e. The van der Waals surface area contributed by atoms with E-state index in [1.54, 1.807) is 13.0 Å². The predicted molar refractivity (Wildman–Crippen MR) is 92.4 cm³/mol. The molecule has 1 N–H and O–H groups in total. The monoisotopic (exact) mass is 345 g/mol. The normalized spacial score (nSPS) is 13.9. The molecular weight excluding hydrogens is 326 g/mol. The molecule has 0 spiro atoms. The third-order valence-electron chi connectivity index (χ3n) is 3.97. The first-order valence-electron chi connectivity index (χ1n) is 7.70. The van der Waals surface area contributed by atoms with Gasteiger partial charge in [-0.3, -0.25) is 0 Å². The molecular formula is C18H19NO4S. The van der Waals surface area contributed by atoms with Crippen molar-refractivity contribution in [2.75, 3.05) is 12.8 Å². The smallest absolute Gasteiger partial charge is 0.338 e. The Balaban J connectivity index is 1.70. The minimum Gasteiger partial charge on any atom is -0.458 e. The van der Waals surface area contributed by atoms with Gasteiger partial charge >= 0.3 is 5.97 Å². The number of benzene rings is 2. The van der Waals surface area contributed by atoms with E-state index in [9.17, 15) is 13.2 Å². The molecule has 0 radical (unpaired) electrons. The van der Waals surface area contributed by atoms with Gasteiger partial charge in [0.05, 0.1) is 11.8 Å². The summed E-state index contributed by atoms with van der Waals surface area (Å²) in [6, 6.07) is 13.7. The number of carbonyl (C=O) groups excluding carboxylic acids is 1. The third kappa shape index (κ3) is 3.66. The van der Waals surface area contributed by atoms with Gasteiger partial charge in [-0.05, 0) is 47.7 Å². The molecule has 0 bridgehead atoms. The van der Waals surface area contributed by atoms with Gasteiger partial charge in [-0.25, -0.2) is 17.9 Å². The predicted octanol–water partition coefficient (Wildman–Crippen LogP) is 2.35. The lowest BCUT2D eigenvalue weighted by atomic mass is 10.0. The summed E-state index contributed by atoms with van der Waals surface area (Å²) >= 11 is 0. The number of carbonyl (C=O) groups is 1. The Bertz CT molecular complexity index is 890. The summed E-state index contributed by atoms with van der Waals surface area (Å²) in [6.45, 7) is 1.71. The summed E-state index contributed by atoms with van der Waals surface area (Å²) in [5.74, 6) is -0.448. The fourth-order valence-corrected chi connectivity index (χ4v) is 3.37. The van der Waals surface area contributed by atoms with Crippen LogP contribution >= 0.6 is 0 Å². The number of sulfonamides is 1. The Kier molecular flexibility index (Phi) is 4.43. The van der Waals surface area contributed by atoms with Crippen molar-refractivity contribution in [1.82, 2.24) is 4.72 Å². The molecule has 3 rings (SSSR count). The average molecular weight is 345 g/mol. The Morgan fingerprint density at radius 3 is 2.62 bits per heavy atom. The van der Waals surface area contributed by atoms with Gasteiger partial charge in [-0.15, -0.1) is 0 Å². The van der Waals surface area contributed by atoms with E-state index >= 15 is 0 Å². The maximum absolute atomic E-state index is 12.3. The topological polar surface area (TPSA) is 72.5 Å². The van der Waals surface area contributed by atoms with Gasteiger partial charge < -0.3 is 4.74 Å². The van der Waals surface area contributed by atoms with Crippen LogP contribution in [0.1, 0.15) is 28.4 Å². The van der Waals surface area contributed by atoms with Gasteiger partial charge in [0.25, 0.3) is 0 Å². The average Bonchev–Trinajstić information content (AvgIpc) is 2.90. The highest BCUT2D eigenvalue weighted by Crippen LogP contribution is 2.36. The molecule has 1 aliphatic carbocycles. The second-order valence-corrected chi connectivity index (χ2v) is 7.88. The number of rotatable bonds is 5. The molecule has 0 saturated carbocycles. The van der Waals surface area contributed by atoms with Crippen LogP contribution in [0.5, 0.6) is 0 Å². The van der Waals surface area contributed by atoms with Crippen molar-refractivity contribution in [2.45, 2.75) is 19.4 Å². The highest BCUT2D eigenvalue weighted by atomic mass is 32.2.